The van der Waals surface area contributed by atoms with Crippen LogP contribution in [0, 0.1) is 11.6 Å². The number of nitrogens with one attached hydrogen (secondary N) is 1. The van der Waals surface area contributed by atoms with E-state index in [9.17, 15) is 14.0 Å². The molecule has 1 heterocycles. The van der Waals surface area contributed by atoms with Crippen molar-refractivity contribution in [1.29, 1.82) is 0 Å². The summed E-state index contributed by atoms with van der Waals surface area (Å²) in [5, 5.41) is 4.34. The maximum Gasteiger partial charge on any atom is 0.248 e. The van der Waals surface area contributed by atoms with Gasteiger partial charge in [-0.2, -0.15) is 0 Å². The number of carbonyl (C=O) groups is 2. The molecular weight excluding hydrogens is 496 g/mol. The Morgan fingerprint density at radius 2 is 1.78 bits per heavy atom. The first-order valence-electron chi connectivity index (χ1n) is 11.5. The van der Waals surface area contributed by atoms with E-state index < -0.39 is 29.5 Å². The molecule has 1 atom stereocenters. The van der Waals surface area contributed by atoms with Gasteiger partial charge < -0.3 is 14.6 Å². The fourth-order valence-electron chi connectivity index (χ4n) is 4.58. The summed E-state index contributed by atoms with van der Waals surface area (Å²) >= 11 is 1.40. The number of hydrogen-bond acceptors (Lipinski definition) is 4. The molecule has 1 N–H and O–H groups in total. The number of rotatable bonds is 8. The van der Waals surface area contributed by atoms with Crippen molar-refractivity contribution in [3.05, 3.63) is 89.5 Å². The molecule has 0 saturated heterocycles. The van der Waals surface area contributed by atoms with Crippen LogP contribution in [-0.4, -0.2) is 29.7 Å². The number of amides is 2. The number of anilines is 1. The largest absolute Gasteiger partial charge is 0.496 e. The lowest BCUT2D eigenvalue weighted by molar-refractivity contribution is -0.126. The van der Waals surface area contributed by atoms with E-state index in [-0.39, 0.29) is 12.2 Å². The van der Waals surface area contributed by atoms with Crippen molar-refractivity contribution >= 4 is 40.2 Å². The van der Waals surface area contributed by atoms with Crippen molar-refractivity contribution in [2.24, 2.45) is 7.05 Å². The minimum Gasteiger partial charge on any atom is -0.496 e. The molecule has 0 aliphatic heterocycles. The normalized spacial score (nSPS) is 11.8. The number of fused-ring (bicyclic) bond motifs is 1. The van der Waals surface area contributed by atoms with Gasteiger partial charge in [0, 0.05) is 48.6 Å². The molecule has 0 aliphatic carbocycles. The number of halogens is 2. The minimum atomic E-state index is -1.28. The van der Waals surface area contributed by atoms with Crippen molar-refractivity contribution in [3.63, 3.8) is 0 Å². The second-order valence-electron chi connectivity index (χ2n) is 8.42. The number of methoxy groups -OCH3 is 1. The van der Waals surface area contributed by atoms with Gasteiger partial charge in [0.2, 0.25) is 11.8 Å². The third-order valence-electron chi connectivity index (χ3n) is 6.22. The van der Waals surface area contributed by atoms with Crippen LogP contribution in [0.5, 0.6) is 5.75 Å². The Hall–Kier alpha value is -3.85. The molecule has 0 radical (unpaired) electrons. The van der Waals surface area contributed by atoms with Gasteiger partial charge in [0.15, 0.2) is 0 Å². The van der Waals surface area contributed by atoms with Crippen molar-refractivity contribution in [3.8, 4) is 5.75 Å². The average molecular weight is 524 g/mol. The van der Waals surface area contributed by atoms with Gasteiger partial charge >= 0.3 is 0 Å². The van der Waals surface area contributed by atoms with E-state index in [0.717, 1.165) is 44.6 Å². The molecule has 0 saturated carbocycles. The van der Waals surface area contributed by atoms with E-state index in [4.69, 9.17) is 4.74 Å². The molecule has 1 unspecified atom stereocenters. The summed E-state index contributed by atoms with van der Waals surface area (Å²) < 4.78 is 36.6. The summed E-state index contributed by atoms with van der Waals surface area (Å²) in [6.07, 6.45) is 1.86. The van der Waals surface area contributed by atoms with Crippen molar-refractivity contribution in [1.82, 2.24) is 9.88 Å². The maximum atomic E-state index is 15.1. The van der Waals surface area contributed by atoms with Crippen molar-refractivity contribution in [2.75, 3.05) is 18.3 Å². The first-order valence-corrected chi connectivity index (χ1v) is 12.8. The average Bonchev–Trinajstić information content (AvgIpc) is 3.18. The molecule has 192 valence electrons. The van der Waals surface area contributed by atoms with Crippen LogP contribution in [0.25, 0.3) is 10.9 Å². The monoisotopic (exact) mass is 523 g/mol. The molecule has 1 aromatic heterocycles. The van der Waals surface area contributed by atoms with Gasteiger partial charge in [-0.3, -0.25) is 14.5 Å². The smallest absolute Gasteiger partial charge is 0.248 e. The number of aryl methyl sites for hydroxylation is 1. The van der Waals surface area contributed by atoms with Crippen LogP contribution in [0.2, 0.25) is 0 Å². The number of ether oxygens (including phenoxy) is 1. The summed E-state index contributed by atoms with van der Waals surface area (Å²) in [4.78, 5) is 28.1. The van der Waals surface area contributed by atoms with Crippen LogP contribution in [0.4, 0.5) is 14.5 Å². The molecule has 0 fully saturated rings. The fraction of sp³-hybridized carbons (Fsp3) is 0.214. The third-order valence-corrected chi connectivity index (χ3v) is 7.10. The van der Waals surface area contributed by atoms with E-state index in [1.807, 2.05) is 60.3 Å². The Balaban J connectivity index is 1.91. The molecule has 9 heteroatoms. The molecule has 2 amide bonds. The number of nitrogens with zero attached hydrogens (tertiary/aromatic N) is 2. The zero-order valence-electron chi connectivity index (χ0n) is 20.9. The molecule has 0 aliphatic rings. The number of hydrogen-bond donors (Lipinski definition) is 1. The standard InChI is InChI=1S/C28H27F2N3O3S/c1-17(34)33(23-15-19(29)13-14-21(23)30)26(27(35)31-16-18-9-5-8-12-24(18)36-3)25-20-10-6-7-11-22(20)32(2)28(25)37-4/h5-15,26H,16H2,1-4H3,(H,31,35). The van der Waals surface area contributed by atoms with Gasteiger partial charge in [-0.15, -0.1) is 11.8 Å². The first kappa shape index (κ1) is 26.2. The second-order valence-corrected chi connectivity index (χ2v) is 9.21. The molecule has 3 aromatic carbocycles. The Labute approximate surface area is 218 Å². The van der Waals surface area contributed by atoms with E-state index in [1.54, 1.807) is 6.07 Å². The van der Waals surface area contributed by atoms with Crippen LogP contribution in [-0.2, 0) is 23.2 Å². The molecule has 4 aromatic rings. The van der Waals surface area contributed by atoms with Crippen LogP contribution in [0.1, 0.15) is 24.1 Å². The van der Waals surface area contributed by atoms with Gasteiger partial charge in [0.25, 0.3) is 0 Å². The minimum absolute atomic E-state index is 0.107. The fourth-order valence-corrected chi connectivity index (χ4v) is 5.39. The van der Waals surface area contributed by atoms with Crippen molar-refractivity contribution < 1.29 is 23.1 Å². The van der Waals surface area contributed by atoms with Crippen LogP contribution in [0.15, 0.2) is 71.8 Å². The van der Waals surface area contributed by atoms with Crippen LogP contribution >= 0.6 is 11.8 Å². The number of benzene rings is 3. The van der Waals surface area contributed by atoms with Crippen LogP contribution in [0.3, 0.4) is 0 Å². The van der Waals surface area contributed by atoms with Gasteiger partial charge in [0.1, 0.15) is 23.4 Å². The third kappa shape index (κ3) is 5.04. The lowest BCUT2D eigenvalue weighted by Crippen LogP contribution is -2.43. The molecule has 4 rings (SSSR count). The van der Waals surface area contributed by atoms with Gasteiger partial charge in [-0.25, -0.2) is 8.78 Å². The maximum absolute atomic E-state index is 15.1. The summed E-state index contributed by atoms with van der Waals surface area (Å²) in [6, 6.07) is 16.3. The zero-order chi connectivity index (χ0) is 26.7. The Kier molecular flexibility index (Phi) is 7.83. The lowest BCUT2D eigenvalue weighted by atomic mass is 10.0. The van der Waals surface area contributed by atoms with E-state index in [1.165, 1.54) is 25.8 Å². The first-order chi connectivity index (χ1) is 17.8. The van der Waals surface area contributed by atoms with E-state index in [0.29, 0.717) is 11.3 Å². The van der Waals surface area contributed by atoms with Gasteiger partial charge in [-0.05, 0) is 30.5 Å². The summed E-state index contributed by atoms with van der Waals surface area (Å²) in [6.45, 7) is 1.34. The van der Waals surface area contributed by atoms with Gasteiger partial charge in [-0.1, -0.05) is 36.4 Å². The Bertz CT molecular complexity index is 1470. The summed E-state index contributed by atoms with van der Waals surface area (Å²) in [5.74, 6) is -2.10. The SMILES string of the molecule is COc1ccccc1CNC(=O)C(c1c(SC)n(C)c2ccccc12)N(C(C)=O)c1cc(F)ccc1F. The predicted octanol–water partition coefficient (Wildman–Crippen LogP) is 5.60. The molecule has 0 bridgehead atoms. The second kappa shape index (κ2) is 11.0. The number of para-hydroxylation sites is 2. The lowest BCUT2D eigenvalue weighted by Gasteiger charge is -2.31. The zero-order valence-corrected chi connectivity index (χ0v) is 21.7. The highest BCUT2D eigenvalue weighted by Crippen LogP contribution is 2.40. The molecule has 0 spiro atoms. The number of carbonyl (C=O) groups excluding carboxylic acids is 2. The topological polar surface area (TPSA) is 63.6 Å². The quantitative estimate of drug-likeness (QED) is 0.306. The predicted molar refractivity (Wildman–Crippen MR) is 142 cm³/mol. The molecular formula is C28H27F2N3O3S. The highest BCUT2D eigenvalue weighted by molar-refractivity contribution is 7.98. The summed E-state index contributed by atoms with van der Waals surface area (Å²) in [7, 11) is 3.40. The highest BCUT2D eigenvalue weighted by Gasteiger charge is 2.37. The molecule has 6 nitrogen and oxygen atoms in total. The van der Waals surface area contributed by atoms with Crippen LogP contribution < -0.4 is 15.0 Å². The van der Waals surface area contributed by atoms with Gasteiger partial charge in [0.05, 0.1) is 17.8 Å². The Morgan fingerprint density at radius 1 is 1.08 bits per heavy atom. The Morgan fingerprint density at radius 3 is 2.49 bits per heavy atom. The highest BCUT2D eigenvalue weighted by atomic mass is 32.2. The number of thioether (sulfide) groups is 1. The summed E-state index contributed by atoms with van der Waals surface area (Å²) in [5.41, 5.74) is 1.78. The van der Waals surface area contributed by atoms with Crippen molar-refractivity contribution in [2.45, 2.75) is 24.5 Å². The molecule has 37 heavy (non-hydrogen) atoms. The van der Waals surface area contributed by atoms with E-state index >= 15 is 4.39 Å². The number of aromatic nitrogens is 1. The van der Waals surface area contributed by atoms with E-state index in [2.05, 4.69) is 5.32 Å².